The third-order valence-corrected chi connectivity index (χ3v) is 4.20. The van der Waals surface area contributed by atoms with Crippen LogP contribution in [-0.4, -0.2) is 16.4 Å². The van der Waals surface area contributed by atoms with E-state index in [1.807, 2.05) is 30.3 Å². The number of anilines is 1. The first-order valence-corrected chi connectivity index (χ1v) is 8.14. The molecule has 0 saturated carbocycles. The van der Waals surface area contributed by atoms with Crippen molar-refractivity contribution in [3.05, 3.63) is 64.8 Å². The quantitative estimate of drug-likeness (QED) is 0.710. The Bertz CT molecular complexity index is 918. The van der Waals surface area contributed by atoms with Gasteiger partial charge < -0.3 is 5.32 Å². The van der Waals surface area contributed by atoms with Crippen LogP contribution in [0.5, 0.6) is 0 Å². The van der Waals surface area contributed by atoms with Crippen LogP contribution < -0.4 is 5.32 Å². The minimum Gasteiger partial charge on any atom is -0.325 e. The van der Waals surface area contributed by atoms with Crippen LogP contribution in [0.15, 0.2) is 54.7 Å². The van der Waals surface area contributed by atoms with E-state index in [0.29, 0.717) is 15.7 Å². The van der Waals surface area contributed by atoms with E-state index in [1.54, 1.807) is 29.0 Å². The molecule has 0 aliphatic carbocycles. The minimum absolute atomic E-state index is 0.0637. The summed E-state index contributed by atoms with van der Waals surface area (Å²) in [6.07, 6.45) is 1.88. The number of amides is 1. The molecule has 2 aromatic carbocycles. The van der Waals surface area contributed by atoms with E-state index < -0.39 is 0 Å². The number of nitrogens with one attached hydrogen (secondary N) is 1. The molecule has 1 amide bonds. The van der Waals surface area contributed by atoms with Crippen molar-refractivity contribution in [2.45, 2.75) is 12.8 Å². The molecule has 0 bridgehead atoms. The van der Waals surface area contributed by atoms with Gasteiger partial charge in [-0.15, -0.1) is 0 Å². The number of aromatic nitrogens is 1. The summed E-state index contributed by atoms with van der Waals surface area (Å²) >= 11 is 11.9. The molecule has 0 saturated heterocycles. The van der Waals surface area contributed by atoms with Crippen molar-refractivity contribution >= 4 is 51.6 Å². The third-order valence-electron chi connectivity index (χ3n) is 3.64. The van der Waals surface area contributed by atoms with Crippen LogP contribution in [0.3, 0.4) is 0 Å². The molecule has 3 rings (SSSR count). The van der Waals surface area contributed by atoms with Crippen molar-refractivity contribution in [1.82, 2.24) is 4.57 Å². The van der Waals surface area contributed by atoms with Crippen LogP contribution in [0.2, 0.25) is 10.0 Å². The van der Waals surface area contributed by atoms with Gasteiger partial charge in [-0.05, 0) is 30.3 Å². The summed E-state index contributed by atoms with van der Waals surface area (Å²) in [5, 5.41) is 4.53. The van der Waals surface area contributed by atoms with Gasteiger partial charge in [0.2, 0.25) is 11.8 Å². The van der Waals surface area contributed by atoms with E-state index in [1.165, 1.54) is 0 Å². The van der Waals surface area contributed by atoms with Gasteiger partial charge in [0.25, 0.3) is 0 Å². The summed E-state index contributed by atoms with van der Waals surface area (Å²) in [5.74, 6) is -0.424. The number of halogens is 2. The van der Waals surface area contributed by atoms with Crippen LogP contribution in [0, 0.1) is 0 Å². The van der Waals surface area contributed by atoms with Crippen molar-refractivity contribution in [1.29, 1.82) is 0 Å². The molecule has 1 N–H and O–H groups in total. The van der Waals surface area contributed by atoms with Crippen LogP contribution in [0.25, 0.3) is 10.9 Å². The summed E-state index contributed by atoms with van der Waals surface area (Å²) in [5.41, 5.74) is 1.27. The van der Waals surface area contributed by atoms with Crippen LogP contribution in [-0.2, 0) is 4.79 Å². The molecule has 6 heteroatoms. The number of fused-ring (bicyclic) bond motifs is 1. The normalized spacial score (nSPS) is 10.8. The Kier molecular flexibility index (Phi) is 4.88. The highest BCUT2D eigenvalue weighted by Gasteiger charge is 2.12. The van der Waals surface area contributed by atoms with E-state index in [-0.39, 0.29) is 24.7 Å². The summed E-state index contributed by atoms with van der Waals surface area (Å²) in [7, 11) is 0. The third kappa shape index (κ3) is 3.61. The second kappa shape index (κ2) is 7.07. The molecule has 1 aromatic heterocycles. The first-order valence-electron chi connectivity index (χ1n) is 7.39. The Morgan fingerprint density at radius 2 is 1.79 bits per heavy atom. The number of carbonyl (C=O) groups is 2. The lowest BCUT2D eigenvalue weighted by Gasteiger charge is -2.08. The molecule has 0 spiro atoms. The number of rotatable bonds is 4. The second-order valence-corrected chi connectivity index (χ2v) is 6.15. The van der Waals surface area contributed by atoms with Crippen LogP contribution >= 0.6 is 23.2 Å². The fourth-order valence-electron chi connectivity index (χ4n) is 2.45. The SMILES string of the molecule is O=C(CCC(=O)n1ccc2ccccc21)Nc1cc(Cl)ccc1Cl. The lowest BCUT2D eigenvalue weighted by molar-refractivity contribution is -0.116. The molecule has 3 aromatic rings. The smallest absolute Gasteiger partial charge is 0.231 e. The molecule has 0 fully saturated rings. The van der Waals surface area contributed by atoms with Gasteiger partial charge >= 0.3 is 0 Å². The topological polar surface area (TPSA) is 51.1 Å². The van der Waals surface area contributed by atoms with Gasteiger partial charge in [0.05, 0.1) is 16.2 Å². The fraction of sp³-hybridized carbons (Fsp3) is 0.111. The molecular weight excluding hydrogens is 347 g/mol. The van der Waals surface area contributed by atoms with Crippen molar-refractivity contribution in [3.8, 4) is 0 Å². The van der Waals surface area contributed by atoms with E-state index in [0.717, 1.165) is 10.9 Å². The largest absolute Gasteiger partial charge is 0.325 e. The first-order chi connectivity index (χ1) is 11.5. The highest BCUT2D eigenvalue weighted by molar-refractivity contribution is 6.35. The van der Waals surface area contributed by atoms with Crippen molar-refractivity contribution in [2.24, 2.45) is 0 Å². The van der Waals surface area contributed by atoms with E-state index >= 15 is 0 Å². The zero-order valence-electron chi connectivity index (χ0n) is 12.6. The molecule has 0 atom stereocenters. The van der Waals surface area contributed by atoms with Crippen LogP contribution in [0.1, 0.15) is 17.6 Å². The molecule has 1 heterocycles. The Morgan fingerprint density at radius 3 is 2.62 bits per heavy atom. The standard InChI is InChI=1S/C18H14Cl2N2O2/c19-13-5-6-14(20)15(11-13)21-17(23)7-8-18(24)22-10-9-12-3-1-2-4-16(12)22/h1-6,9-11H,7-8H2,(H,21,23). The molecule has 24 heavy (non-hydrogen) atoms. The Balaban J connectivity index is 1.64. The molecule has 0 aliphatic rings. The van der Waals surface area contributed by atoms with Gasteiger partial charge in [0.1, 0.15) is 0 Å². The van der Waals surface area contributed by atoms with Gasteiger partial charge in [-0.1, -0.05) is 41.4 Å². The molecule has 0 radical (unpaired) electrons. The molecule has 0 aliphatic heterocycles. The van der Waals surface area contributed by atoms with Crippen molar-refractivity contribution < 1.29 is 9.59 Å². The van der Waals surface area contributed by atoms with E-state index in [4.69, 9.17) is 23.2 Å². The maximum atomic E-state index is 12.3. The molecule has 0 unspecified atom stereocenters. The monoisotopic (exact) mass is 360 g/mol. The van der Waals surface area contributed by atoms with Gasteiger partial charge in [0.15, 0.2) is 0 Å². The highest BCUT2D eigenvalue weighted by atomic mass is 35.5. The number of hydrogen-bond donors (Lipinski definition) is 1. The van der Waals surface area contributed by atoms with Gasteiger partial charge in [-0.25, -0.2) is 0 Å². The van der Waals surface area contributed by atoms with E-state index in [2.05, 4.69) is 5.32 Å². The van der Waals surface area contributed by atoms with Crippen molar-refractivity contribution in [3.63, 3.8) is 0 Å². The molecular formula is C18H14Cl2N2O2. The van der Waals surface area contributed by atoms with Crippen LogP contribution in [0.4, 0.5) is 5.69 Å². The lowest BCUT2D eigenvalue weighted by Crippen LogP contribution is -2.16. The van der Waals surface area contributed by atoms with Crippen molar-refractivity contribution in [2.75, 3.05) is 5.32 Å². The predicted molar refractivity (Wildman–Crippen MR) is 96.9 cm³/mol. The Labute approximate surface area is 149 Å². The zero-order valence-corrected chi connectivity index (χ0v) is 14.1. The summed E-state index contributed by atoms with van der Waals surface area (Å²) in [4.78, 5) is 24.4. The maximum absolute atomic E-state index is 12.3. The predicted octanol–water partition coefficient (Wildman–Crippen LogP) is 5.01. The van der Waals surface area contributed by atoms with E-state index in [9.17, 15) is 9.59 Å². The molecule has 4 nitrogen and oxygen atoms in total. The number of para-hydroxylation sites is 1. The Hall–Kier alpha value is -2.30. The summed E-state index contributed by atoms with van der Waals surface area (Å²) < 4.78 is 1.56. The average molecular weight is 361 g/mol. The zero-order chi connectivity index (χ0) is 17.1. The highest BCUT2D eigenvalue weighted by Crippen LogP contribution is 2.25. The lowest BCUT2D eigenvalue weighted by atomic mass is 10.2. The second-order valence-electron chi connectivity index (χ2n) is 5.31. The number of benzene rings is 2. The average Bonchev–Trinajstić information content (AvgIpc) is 3.00. The number of carbonyl (C=O) groups excluding carboxylic acids is 2. The first kappa shape index (κ1) is 16.6. The maximum Gasteiger partial charge on any atom is 0.231 e. The summed E-state index contributed by atoms with van der Waals surface area (Å²) in [6.45, 7) is 0. The van der Waals surface area contributed by atoms with Gasteiger partial charge in [-0.2, -0.15) is 0 Å². The fourth-order valence-corrected chi connectivity index (χ4v) is 2.78. The Morgan fingerprint density at radius 1 is 1.00 bits per heavy atom. The van der Waals surface area contributed by atoms with Gasteiger partial charge in [-0.3, -0.25) is 14.2 Å². The molecule has 122 valence electrons. The number of hydrogen-bond acceptors (Lipinski definition) is 2. The minimum atomic E-state index is -0.288. The van der Waals surface area contributed by atoms with Gasteiger partial charge in [0, 0.05) is 29.4 Å². The number of nitrogens with zero attached hydrogens (tertiary/aromatic N) is 1. The summed E-state index contributed by atoms with van der Waals surface area (Å²) in [6, 6.07) is 14.3.